The summed E-state index contributed by atoms with van der Waals surface area (Å²) in [6.45, 7) is 3.84. The number of aliphatic hydroxyl groups excluding tert-OH is 2. The van der Waals surface area contributed by atoms with Gasteiger partial charge in [-0.25, -0.2) is 9.97 Å². The van der Waals surface area contributed by atoms with Crippen LogP contribution < -0.4 is 5.32 Å². The summed E-state index contributed by atoms with van der Waals surface area (Å²) in [5, 5.41) is 24.7. The van der Waals surface area contributed by atoms with E-state index in [0.29, 0.717) is 18.2 Å². The Morgan fingerprint density at radius 2 is 2.04 bits per heavy atom. The summed E-state index contributed by atoms with van der Waals surface area (Å²) in [7, 11) is 0. The van der Waals surface area contributed by atoms with Crippen molar-refractivity contribution in [2.75, 3.05) is 52.6 Å². The Kier molecular flexibility index (Phi) is 6.87. The van der Waals surface area contributed by atoms with Gasteiger partial charge in [0.1, 0.15) is 6.33 Å². The minimum absolute atomic E-state index is 0.0316. The molecule has 0 aromatic carbocycles. The molecule has 0 spiro atoms. The molecule has 11 heteroatoms. The average Bonchev–Trinajstić information content (AvgIpc) is 3.37. The number of hydrogen-bond donors (Lipinski definition) is 3. The first kappa shape index (κ1) is 19.4. The summed E-state index contributed by atoms with van der Waals surface area (Å²) in [4.78, 5) is 22.5. The van der Waals surface area contributed by atoms with Crippen molar-refractivity contribution in [2.24, 2.45) is 5.92 Å². The molecule has 0 radical (unpaired) electrons. The third kappa shape index (κ3) is 5.32. The van der Waals surface area contributed by atoms with Gasteiger partial charge in [-0.1, -0.05) is 0 Å². The zero-order valence-electron chi connectivity index (χ0n) is 15.0. The average molecular weight is 380 g/mol. The van der Waals surface area contributed by atoms with Crippen molar-refractivity contribution in [3.63, 3.8) is 0 Å². The Balaban J connectivity index is 1.53. The Morgan fingerprint density at radius 3 is 2.78 bits per heavy atom. The molecule has 2 aromatic heterocycles. The van der Waals surface area contributed by atoms with E-state index in [4.69, 9.17) is 19.4 Å². The van der Waals surface area contributed by atoms with Crippen LogP contribution >= 0.6 is 0 Å². The maximum absolute atomic E-state index is 12.0. The number of carbonyl (C=O) groups excluding carboxylic acids is 1. The fraction of sp³-hybridized carbons (Fsp3) is 0.625. The molecule has 0 bridgehead atoms. The summed E-state index contributed by atoms with van der Waals surface area (Å²) < 4.78 is 12.3. The maximum atomic E-state index is 12.0. The number of hydrogen-bond acceptors (Lipinski definition) is 9. The van der Waals surface area contributed by atoms with Gasteiger partial charge in [-0.15, -0.1) is 5.10 Å². The Labute approximate surface area is 156 Å². The molecule has 3 heterocycles. The minimum Gasteiger partial charge on any atom is -0.423 e. The van der Waals surface area contributed by atoms with Crippen LogP contribution in [0.1, 0.15) is 16.5 Å². The molecule has 3 rings (SSSR count). The highest BCUT2D eigenvalue weighted by atomic mass is 16.5. The van der Waals surface area contributed by atoms with Crippen molar-refractivity contribution in [3.8, 4) is 5.88 Å². The van der Waals surface area contributed by atoms with Gasteiger partial charge in [0.05, 0.1) is 19.4 Å². The molecular weight excluding hydrogens is 356 g/mol. The van der Waals surface area contributed by atoms with E-state index in [9.17, 15) is 4.79 Å². The third-order valence-corrected chi connectivity index (χ3v) is 4.28. The molecule has 1 aliphatic heterocycles. The van der Waals surface area contributed by atoms with Crippen molar-refractivity contribution in [3.05, 3.63) is 24.2 Å². The maximum Gasteiger partial charge on any atom is 0.290 e. The lowest BCUT2D eigenvalue weighted by Crippen LogP contribution is -2.37. The van der Waals surface area contributed by atoms with Crippen molar-refractivity contribution < 1.29 is 24.2 Å². The van der Waals surface area contributed by atoms with Gasteiger partial charge in [0, 0.05) is 51.7 Å². The smallest absolute Gasteiger partial charge is 0.290 e. The van der Waals surface area contributed by atoms with Gasteiger partial charge in [0.25, 0.3) is 5.91 Å². The molecule has 1 saturated heterocycles. The number of rotatable bonds is 9. The van der Waals surface area contributed by atoms with E-state index in [0.717, 1.165) is 32.8 Å². The molecule has 0 saturated carbocycles. The Bertz CT molecular complexity index is 722. The van der Waals surface area contributed by atoms with Crippen LogP contribution in [0.5, 0.6) is 0 Å². The first-order valence-electron chi connectivity index (χ1n) is 8.86. The molecule has 11 nitrogen and oxygen atoms in total. The van der Waals surface area contributed by atoms with E-state index >= 15 is 0 Å². The lowest BCUT2D eigenvalue weighted by molar-refractivity contribution is 0.0377. The van der Waals surface area contributed by atoms with Crippen molar-refractivity contribution in [1.29, 1.82) is 0 Å². The van der Waals surface area contributed by atoms with Crippen LogP contribution in [-0.2, 0) is 11.2 Å². The summed E-state index contributed by atoms with van der Waals surface area (Å²) in [6, 6.07) is 0. The molecule has 1 fully saturated rings. The highest BCUT2D eigenvalue weighted by Crippen LogP contribution is 2.10. The van der Waals surface area contributed by atoms with E-state index < -0.39 is 11.8 Å². The van der Waals surface area contributed by atoms with Gasteiger partial charge in [0.2, 0.25) is 11.7 Å². The van der Waals surface area contributed by atoms with Crippen LogP contribution in [0, 0.1) is 5.92 Å². The van der Waals surface area contributed by atoms with Crippen molar-refractivity contribution in [1.82, 2.24) is 30.0 Å². The third-order valence-electron chi connectivity index (χ3n) is 4.28. The fourth-order valence-electron chi connectivity index (χ4n) is 2.58. The molecule has 3 N–H and O–H groups in total. The van der Waals surface area contributed by atoms with Gasteiger partial charge in [-0.2, -0.15) is 4.68 Å². The number of aliphatic hydroxyl groups is 2. The minimum atomic E-state index is -0.493. The lowest BCUT2D eigenvalue weighted by atomic mass is 10.2. The largest absolute Gasteiger partial charge is 0.423 e. The van der Waals surface area contributed by atoms with Crippen LogP contribution in [0.25, 0.3) is 5.88 Å². The Hall–Kier alpha value is -2.34. The molecule has 0 atom stereocenters. The van der Waals surface area contributed by atoms with Crippen LogP contribution in [-0.4, -0.2) is 93.4 Å². The highest BCUT2D eigenvalue weighted by molar-refractivity contribution is 5.90. The van der Waals surface area contributed by atoms with E-state index in [1.54, 1.807) is 6.20 Å². The van der Waals surface area contributed by atoms with Gasteiger partial charge in [-0.05, 0) is 0 Å². The standard InChI is InChI=1S/C16H24N6O5/c23-9-12(10-24)7-18-16(25)15-19-11-22(20-15)14-8-17-13(27-14)1-2-21-3-5-26-6-4-21/h8,11-12,23-24H,1-7,9-10H2,(H,18,25). The van der Waals surface area contributed by atoms with Gasteiger partial charge < -0.3 is 24.7 Å². The molecule has 0 aliphatic carbocycles. The van der Waals surface area contributed by atoms with E-state index in [2.05, 4.69) is 25.3 Å². The predicted octanol–water partition coefficient (Wildman–Crippen LogP) is -1.54. The molecule has 27 heavy (non-hydrogen) atoms. The van der Waals surface area contributed by atoms with E-state index in [1.165, 1.54) is 11.0 Å². The van der Waals surface area contributed by atoms with E-state index in [-0.39, 0.29) is 25.6 Å². The number of amides is 1. The number of nitrogens with one attached hydrogen (secondary N) is 1. The number of ether oxygens (including phenoxy) is 1. The number of nitrogens with zero attached hydrogens (tertiary/aromatic N) is 5. The number of oxazole rings is 1. The van der Waals surface area contributed by atoms with Gasteiger partial charge in [0.15, 0.2) is 5.89 Å². The van der Waals surface area contributed by atoms with Gasteiger partial charge in [-0.3, -0.25) is 9.69 Å². The zero-order chi connectivity index (χ0) is 19.1. The summed E-state index contributed by atoms with van der Waals surface area (Å²) in [5.74, 6) is 0.0248. The fourth-order valence-corrected chi connectivity index (χ4v) is 2.58. The first-order chi connectivity index (χ1) is 13.2. The van der Waals surface area contributed by atoms with Crippen LogP contribution in [0.15, 0.2) is 16.9 Å². The predicted molar refractivity (Wildman–Crippen MR) is 92.4 cm³/mol. The summed E-state index contributed by atoms with van der Waals surface area (Å²) >= 11 is 0. The second kappa shape index (κ2) is 9.55. The van der Waals surface area contributed by atoms with Crippen molar-refractivity contribution >= 4 is 5.91 Å². The van der Waals surface area contributed by atoms with Crippen LogP contribution in [0.2, 0.25) is 0 Å². The Morgan fingerprint density at radius 1 is 1.26 bits per heavy atom. The molecule has 0 unspecified atom stereocenters. The van der Waals surface area contributed by atoms with Crippen LogP contribution in [0.4, 0.5) is 0 Å². The molecule has 1 amide bonds. The monoisotopic (exact) mass is 380 g/mol. The van der Waals surface area contributed by atoms with Crippen molar-refractivity contribution in [2.45, 2.75) is 6.42 Å². The summed E-state index contributed by atoms with van der Waals surface area (Å²) in [6.07, 6.45) is 3.58. The molecular formula is C16H24N6O5. The summed E-state index contributed by atoms with van der Waals surface area (Å²) in [5.41, 5.74) is 0. The molecule has 148 valence electrons. The quantitative estimate of drug-likeness (QED) is 0.472. The number of morpholine rings is 1. The molecule has 2 aromatic rings. The number of aromatic nitrogens is 4. The SMILES string of the molecule is O=C(NCC(CO)CO)c1ncn(-c2cnc(CCN3CCOCC3)o2)n1. The second-order valence-electron chi connectivity index (χ2n) is 6.25. The lowest BCUT2D eigenvalue weighted by Gasteiger charge is -2.25. The first-order valence-corrected chi connectivity index (χ1v) is 8.86. The second-order valence-corrected chi connectivity index (χ2v) is 6.25. The van der Waals surface area contributed by atoms with Crippen LogP contribution in [0.3, 0.4) is 0 Å². The van der Waals surface area contributed by atoms with E-state index in [1.807, 2.05) is 0 Å². The number of carbonyl (C=O) groups is 1. The highest BCUT2D eigenvalue weighted by Gasteiger charge is 2.16. The topological polar surface area (TPSA) is 139 Å². The van der Waals surface area contributed by atoms with Gasteiger partial charge >= 0.3 is 0 Å². The zero-order valence-corrected chi connectivity index (χ0v) is 15.0. The normalized spacial score (nSPS) is 15.4. The molecule has 1 aliphatic rings.